The Kier molecular flexibility index (Phi) is 4.04. The summed E-state index contributed by atoms with van der Waals surface area (Å²) in [4.78, 5) is 24.6. The molecule has 0 saturated heterocycles. The fourth-order valence-electron chi connectivity index (χ4n) is 2.56. The van der Waals surface area contributed by atoms with E-state index in [0.717, 1.165) is 5.39 Å². The Morgan fingerprint density at radius 1 is 1.17 bits per heavy atom. The van der Waals surface area contributed by atoms with Crippen LogP contribution in [0, 0.1) is 10.1 Å². The molecule has 0 aliphatic rings. The van der Waals surface area contributed by atoms with Crippen LogP contribution in [0.5, 0.6) is 0 Å². The van der Waals surface area contributed by atoms with Gasteiger partial charge < -0.3 is 9.32 Å². The third kappa shape index (κ3) is 2.86. The molecule has 0 unspecified atom stereocenters. The molecule has 0 spiro atoms. The molecule has 1 heterocycles. The number of hydrogen-bond acceptors (Lipinski definition) is 4. The van der Waals surface area contributed by atoms with Crippen LogP contribution in [0.3, 0.4) is 0 Å². The van der Waals surface area contributed by atoms with Crippen molar-refractivity contribution in [3.05, 3.63) is 76.0 Å². The van der Waals surface area contributed by atoms with Gasteiger partial charge in [-0.3, -0.25) is 14.9 Å². The molecule has 24 heavy (non-hydrogen) atoms. The van der Waals surface area contributed by atoms with Crippen LogP contribution in [0.25, 0.3) is 11.0 Å². The number of rotatable bonds is 4. The van der Waals surface area contributed by atoms with Gasteiger partial charge in [0.1, 0.15) is 5.58 Å². The van der Waals surface area contributed by atoms with Crippen molar-refractivity contribution >= 4 is 22.6 Å². The Hall–Kier alpha value is -3.15. The summed E-state index contributed by atoms with van der Waals surface area (Å²) in [5.74, 6) is -0.0267. The summed E-state index contributed by atoms with van der Waals surface area (Å²) in [7, 11) is 1.65. The first-order valence-electron chi connectivity index (χ1n) is 7.47. The second-order valence-electron chi connectivity index (χ2n) is 5.59. The quantitative estimate of drug-likeness (QED) is 0.533. The van der Waals surface area contributed by atoms with E-state index in [0.29, 0.717) is 11.1 Å². The lowest BCUT2D eigenvalue weighted by molar-refractivity contribution is -0.384. The fraction of sp³-hybridized carbons (Fsp3) is 0.167. The summed E-state index contributed by atoms with van der Waals surface area (Å²) in [6, 6.07) is 15.1. The molecule has 0 aliphatic heterocycles. The highest BCUT2D eigenvalue weighted by atomic mass is 16.6. The first-order valence-corrected chi connectivity index (χ1v) is 7.47. The summed E-state index contributed by atoms with van der Waals surface area (Å²) in [5.41, 5.74) is 1.34. The van der Waals surface area contributed by atoms with Crippen molar-refractivity contribution in [3.63, 3.8) is 0 Å². The molecule has 1 aromatic heterocycles. The van der Waals surface area contributed by atoms with Crippen molar-refractivity contribution in [2.75, 3.05) is 7.05 Å². The van der Waals surface area contributed by atoms with Gasteiger partial charge in [0.2, 0.25) is 0 Å². The van der Waals surface area contributed by atoms with Crippen LogP contribution in [-0.2, 0) is 0 Å². The number of amides is 1. The maximum Gasteiger partial charge on any atom is 0.289 e. The highest BCUT2D eigenvalue weighted by Crippen LogP contribution is 2.26. The maximum absolute atomic E-state index is 12.6. The number of benzene rings is 2. The minimum absolute atomic E-state index is 0.00364. The first kappa shape index (κ1) is 15.7. The lowest BCUT2D eigenvalue weighted by atomic mass is 10.1. The number of carbonyl (C=O) groups excluding carboxylic acids is 1. The minimum Gasteiger partial charge on any atom is -0.451 e. The normalized spacial score (nSPS) is 12.1. The summed E-state index contributed by atoms with van der Waals surface area (Å²) in [5, 5.41) is 11.8. The van der Waals surface area contributed by atoms with Crippen LogP contribution in [0.1, 0.15) is 29.1 Å². The van der Waals surface area contributed by atoms with E-state index in [1.807, 2.05) is 25.1 Å². The fourth-order valence-corrected chi connectivity index (χ4v) is 2.56. The molecule has 2 aromatic carbocycles. The van der Waals surface area contributed by atoms with E-state index in [1.165, 1.54) is 17.0 Å². The molecule has 6 heteroatoms. The van der Waals surface area contributed by atoms with Crippen LogP contribution in [0.4, 0.5) is 5.69 Å². The minimum atomic E-state index is -0.447. The van der Waals surface area contributed by atoms with Crippen LogP contribution < -0.4 is 0 Å². The van der Waals surface area contributed by atoms with Gasteiger partial charge in [0, 0.05) is 24.6 Å². The van der Waals surface area contributed by atoms with E-state index in [9.17, 15) is 14.9 Å². The zero-order chi connectivity index (χ0) is 17.3. The van der Waals surface area contributed by atoms with E-state index in [-0.39, 0.29) is 23.4 Å². The lowest BCUT2D eigenvalue weighted by Crippen LogP contribution is -2.29. The molecular formula is C18H16N2O4. The molecule has 0 N–H and O–H groups in total. The van der Waals surface area contributed by atoms with Crippen molar-refractivity contribution in [2.24, 2.45) is 0 Å². The van der Waals surface area contributed by atoms with Gasteiger partial charge in [0.05, 0.1) is 11.0 Å². The van der Waals surface area contributed by atoms with Crippen LogP contribution in [-0.4, -0.2) is 22.8 Å². The molecule has 0 fully saturated rings. The second kappa shape index (κ2) is 6.16. The number of furan rings is 1. The highest BCUT2D eigenvalue weighted by molar-refractivity contribution is 5.96. The van der Waals surface area contributed by atoms with Gasteiger partial charge in [-0.15, -0.1) is 0 Å². The largest absolute Gasteiger partial charge is 0.451 e. The van der Waals surface area contributed by atoms with Gasteiger partial charge in [-0.2, -0.15) is 0 Å². The van der Waals surface area contributed by atoms with Crippen LogP contribution in [0.2, 0.25) is 0 Å². The van der Waals surface area contributed by atoms with Crippen molar-refractivity contribution in [2.45, 2.75) is 13.0 Å². The Morgan fingerprint density at radius 2 is 1.92 bits per heavy atom. The number of non-ortho nitro benzene ring substituents is 1. The maximum atomic E-state index is 12.6. The van der Waals surface area contributed by atoms with E-state index in [1.54, 1.807) is 31.3 Å². The summed E-state index contributed by atoms with van der Waals surface area (Å²) in [6.07, 6.45) is 0. The predicted molar refractivity (Wildman–Crippen MR) is 89.8 cm³/mol. The molecule has 3 rings (SSSR count). The Bertz CT molecular complexity index is 883. The number of hydrogen-bond donors (Lipinski definition) is 0. The summed E-state index contributed by atoms with van der Waals surface area (Å²) < 4.78 is 5.60. The number of para-hydroxylation sites is 1. The van der Waals surface area contributed by atoms with E-state index < -0.39 is 4.92 Å². The average Bonchev–Trinajstić information content (AvgIpc) is 3.04. The zero-order valence-corrected chi connectivity index (χ0v) is 13.3. The Labute approximate surface area is 138 Å². The Balaban J connectivity index is 1.87. The summed E-state index contributed by atoms with van der Waals surface area (Å²) >= 11 is 0. The molecule has 3 aromatic rings. The second-order valence-corrected chi connectivity index (χ2v) is 5.59. The van der Waals surface area contributed by atoms with Gasteiger partial charge in [0.25, 0.3) is 11.6 Å². The van der Waals surface area contributed by atoms with Crippen LogP contribution in [0.15, 0.2) is 59.0 Å². The number of nitrogens with zero attached hydrogens (tertiary/aromatic N) is 2. The van der Waals surface area contributed by atoms with Crippen molar-refractivity contribution in [3.8, 4) is 0 Å². The highest BCUT2D eigenvalue weighted by Gasteiger charge is 2.23. The number of nitro groups is 1. The number of nitro benzene ring substituents is 1. The van der Waals surface area contributed by atoms with Crippen molar-refractivity contribution in [1.29, 1.82) is 0 Å². The van der Waals surface area contributed by atoms with Gasteiger partial charge in [-0.25, -0.2) is 0 Å². The lowest BCUT2D eigenvalue weighted by Gasteiger charge is -2.24. The zero-order valence-electron chi connectivity index (χ0n) is 13.3. The third-order valence-corrected chi connectivity index (χ3v) is 4.10. The van der Waals surface area contributed by atoms with Gasteiger partial charge >= 0.3 is 0 Å². The monoisotopic (exact) mass is 324 g/mol. The predicted octanol–water partition coefficient (Wildman–Crippen LogP) is 4.17. The molecule has 1 amide bonds. The van der Waals surface area contributed by atoms with Crippen LogP contribution >= 0.6 is 0 Å². The molecule has 0 saturated carbocycles. The number of fused-ring (bicyclic) bond motifs is 1. The topological polar surface area (TPSA) is 76.6 Å². The van der Waals surface area contributed by atoms with E-state index in [4.69, 9.17) is 4.42 Å². The van der Waals surface area contributed by atoms with E-state index >= 15 is 0 Å². The van der Waals surface area contributed by atoms with Crippen molar-refractivity contribution in [1.82, 2.24) is 4.90 Å². The number of carbonyl (C=O) groups is 1. The molecule has 122 valence electrons. The first-order chi connectivity index (χ1) is 11.5. The van der Waals surface area contributed by atoms with E-state index in [2.05, 4.69) is 0 Å². The molecule has 0 aliphatic carbocycles. The third-order valence-electron chi connectivity index (χ3n) is 4.10. The van der Waals surface area contributed by atoms with Crippen molar-refractivity contribution < 1.29 is 14.1 Å². The Morgan fingerprint density at radius 3 is 2.62 bits per heavy atom. The molecule has 6 nitrogen and oxygen atoms in total. The average molecular weight is 324 g/mol. The molecule has 1 atom stereocenters. The smallest absolute Gasteiger partial charge is 0.289 e. The molecular weight excluding hydrogens is 308 g/mol. The standard InChI is InChI=1S/C18H16N2O4/c1-12(13-7-5-8-15(10-13)20(22)23)19(2)18(21)17-11-14-6-3-4-9-16(14)24-17/h3-12H,1-2H3/t12-/m0/s1. The van der Waals surface area contributed by atoms with Gasteiger partial charge in [0.15, 0.2) is 5.76 Å². The summed E-state index contributed by atoms with van der Waals surface area (Å²) in [6.45, 7) is 1.82. The molecule has 0 radical (unpaired) electrons. The molecule has 0 bridgehead atoms. The van der Waals surface area contributed by atoms with Gasteiger partial charge in [-0.05, 0) is 24.6 Å². The van der Waals surface area contributed by atoms with Gasteiger partial charge in [-0.1, -0.05) is 30.3 Å². The SMILES string of the molecule is C[C@@H](c1cccc([N+](=O)[O-])c1)N(C)C(=O)c1cc2ccccc2o1.